The number of aromatic nitrogens is 2. The molecule has 1 aromatic rings. The molecule has 0 aromatic carbocycles. The maximum Gasteiger partial charge on any atom is 0.222 e. The van der Waals surface area contributed by atoms with E-state index in [1.54, 1.807) is 0 Å². The standard InChI is InChI=1S/C13H19N3O/c17-13(15-10-5-6-10)7-8-16-9-14-11-3-1-2-4-12(11)16/h9-10H,1-8H2,(H,15,17). The van der Waals surface area contributed by atoms with Gasteiger partial charge in [0.15, 0.2) is 0 Å². The van der Waals surface area contributed by atoms with E-state index in [2.05, 4.69) is 14.9 Å². The molecule has 92 valence electrons. The summed E-state index contributed by atoms with van der Waals surface area (Å²) in [6.07, 6.45) is 9.55. The maximum absolute atomic E-state index is 11.6. The monoisotopic (exact) mass is 233 g/mol. The zero-order valence-corrected chi connectivity index (χ0v) is 10.1. The van der Waals surface area contributed by atoms with Crippen molar-refractivity contribution < 1.29 is 4.79 Å². The number of fused-ring (bicyclic) bond motifs is 1. The number of hydrogen-bond donors (Lipinski definition) is 1. The fraction of sp³-hybridized carbons (Fsp3) is 0.692. The Morgan fingerprint density at radius 3 is 3.06 bits per heavy atom. The van der Waals surface area contributed by atoms with Crippen LogP contribution >= 0.6 is 0 Å². The average molecular weight is 233 g/mol. The number of nitrogens with one attached hydrogen (secondary N) is 1. The molecule has 0 bridgehead atoms. The van der Waals surface area contributed by atoms with Crippen LogP contribution in [0.15, 0.2) is 6.33 Å². The van der Waals surface area contributed by atoms with Crippen LogP contribution in [0.25, 0.3) is 0 Å². The number of imidazole rings is 1. The van der Waals surface area contributed by atoms with E-state index >= 15 is 0 Å². The number of carbonyl (C=O) groups is 1. The van der Waals surface area contributed by atoms with Gasteiger partial charge in [-0.2, -0.15) is 0 Å². The fourth-order valence-electron chi connectivity index (χ4n) is 2.47. The van der Waals surface area contributed by atoms with E-state index in [-0.39, 0.29) is 5.91 Å². The summed E-state index contributed by atoms with van der Waals surface area (Å²) in [7, 11) is 0. The van der Waals surface area contributed by atoms with E-state index in [1.807, 2.05) is 6.33 Å². The van der Waals surface area contributed by atoms with Crippen LogP contribution in [0.3, 0.4) is 0 Å². The van der Waals surface area contributed by atoms with E-state index in [0.717, 1.165) is 32.2 Å². The zero-order valence-electron chi connectivity index (χ0n) is 10.1. The number of hydrogen-bond acceptors (Lipinski definition) is 2. The van der Waals surface area contributed by atoms with Crippen LogP contribution in [0.1, 0.15) is 43.5 Å². The molecule has 3 rings (SSSR count). The Morgan fingerprint density at radius 2 is 2.24 bits per heavy atom. The third-order valence-corrected chi connectivity index (χ3v) is 3.63. The molecule has 0 aliphatic heterocycles. The molecular weight excluding hydrogens is 214 g/mol. The Hall–Kier alpha value is -1.32. The molecule has 4 heteroatoms. The highest BCUT2D eigenvalue weighted by molar-refractivity contribution is 5.76. The first-order valence-electron chi connectivity index (χ1n) is 6.65. The van der Waals surface area contributed by atoms with Gasteiger partial charge in [-0.05, 0) is 38.5 Å². The molecule has 0 saturated heterocycles. The lowest BCUT2D eigenvalue weighted by molar-refractivity contribution is -0.121. The smallest absolute Gasteiger partial charge is 0.222 e. The van der Waals surface area contributed by atoms with Gasteiger partial charge in [-0.3, -0.25) is 4.79 Å². The van der Waals surface area contributed by atoms with Crippen molar-refractivity contribution in [1.82, 2.24) is 14.9 Å². The van der Waals surface area contributed by atoms with Gasteiger partial charge in [-0.25, -0.2) is 4.98 Å². The first kappa shape index (κ1) is 10.8. The van der Waals surface area contributed by atoms with Gasteiger partial charge in [-0.1, -0.05) is 0 Å². The molecule has 0 radical (unpaired) electrons. The lowest BCUT2D eigenvalue weighted by atomic mass is 10.0. The van der Waals surface area contributed by atoms with Gasteiger partial charge in [-0.15, -0.1) is 0 Å². The lowest BCUT2D eigenvalue weighted by Crippen LogP contribution is -2.26. The molecule has 1 fully saturated rings. The second kappa shape index (κ2) is 4.51. The zero-order chi connectivity index (χ0) is 11.7. The second-order valence-corrected chi connectivity index (χ2v) is 5.13. The van der Waals surface area contributed by atoms with Crippen molar-refractivity contribution in [2.24, 2.45) is 0 Å². The molecule has 1 aromatic heterocycles. The van der Waals surface area contributed by atoms with Gasteiger partial charge in [0, 0.05) is 24.7 Å². The molecular formula is C13H19N3O. The summed E-state index contributed by atoms with van der Waals surface area (Å²) in [5.41, 5.74) is 2.61. The van der Waals surface area contributed by atoms with Crippen molar-refractivity contribution in [3.8, 4) is 0 Å². The molecule has 17 heavy (non-hydrogen) atoms. The Labute approximate surface area is 101 Å². The third-order valence-electron chi connectivity index (χ3n) is 3.63. The van der Waals surface area contributed by atoms with Crippen LogP contribution in [0.4, 0.5) is 0 Å². The predicted molar refractivity (Wildman–Crippen MR) is 64.7 cm³/mol. The summed E-state index contributed by atoms with van der Waals surface area (Å²) in [6.45, 7) is 0.779. The minimum Gasteiger partial charge on any atom is -0.353 e. The Bertz CT molecular complexity index is 420. The van der Waals surface area contributed by atoms with Crippen molar-refractivity contribution in [2.75, 3.05) is 0 Å². The van der Waals surface area contributed by atoms with Crippen LogP contribution in [-0.2, 0) is 24.2 Å². The normalized spacial score (nSPS) is 18.8. The van der Waals surface area contributed by atoms with Crippen LogP contribution in [-0.4, -0.2) is 21.5 Å². The Balaban J connectivity index is 1.57. The highest BCUT2D eigenvalue weighted by atomic mass is 16.1. The molecule has 1 N–H and O–H groups in total. The number of aryl methyl sites for hydroxylation is 2. The van der Waals surface area contributed by atoms with E-state index in [0.29, 0.717) is 12.5 Å². The van der Waals surface area contributed by atoms with Gasteiger partial charge in [0.25, 0.3) is 0 Å². The highest BCUT2D eigenvalue weighted by Gasteiger charge is 2.23. The van der Waals surface area contributed by atoms with Crippen LogP contribution in [0.5, 0.6) is 0 Å². The molecule has 0 atom stereocenters. The van der Waals surface area contributed by atoms with Gasteiger partial charge in [0.2, 0.25) is 5.91 Å². The van der Waals surface area contributed by atoms with Gasteiger partial charge < -0.3 is 9.88 Å². The Morgan fingerprint density at radius 1 is 1.41 bits per heavy atom. The number of nitrogens with zero attached hydrogens (tertiary/aromatic N) is 2. The SMILES string of the molecule is O=C(CCn1cnc2c1CCCC2)NC1CC1. The summed E-state index contributed by atoms with van der Waals surface area (Å²) in [4.78, 5) is 16.1. The van der Waals surface area contributed by atoms with Crippen LogP contribution in [0, 0.1) is 0 Å². The van der Waals surface area contributed by atoms with Crippen molar-refractivity contribution in [3.05, 3.63) is 17.7 Å². The summed E-state index contributed by atoms with van der Waals surface area (Å²) < 4.78 is 2.17. The first-order chi connectivity index (χ1) is 8.33. The van der Waals surface area contributed by atoms with Crippen molar-refractivity contribution in [3.63, 3.8) is 0 Å². The lowest BCUT2D eigenvalue weighted by Gasteiger charge is -2.13. The topological polar surface area (TPSA) is 46.9 Å². The van der Waals surface area contributed by atoms with Gasteiger partial charge in [0.05, 0.1) is 12.0 Å². The summed E-state index contributed by atoms with van der Waals surface area (Å²) >= 11 is 0. The first-order valence-corrected chi connectivity index (χ1v) is 6.65. The molecule has 4 nitrogen and oxygen atoms in total. The average Bonchev–Trinajstić information content (AvgIpc) is 3.06. The van der Waals surface area contributed by atoms with Crippen molar-refractivity contribution in [1.29, 1.82) is 0 Å². The van der Waals surface area contributed by atoms with Crippen LogP contribution in [0.2, 0.25) is 0 Å². The van der Waals surface area contributed by atoms with Crippen molar-refractivity contribution in [2.45, 2.75) is 57.5 Å². The summed E-state index contributed by atoms with van der Waals surface area (Å²) in [5.74, 6) is 0.186. The molecule has 1 saturated carbocycles. The quantitative estimate of drug-likeness (QED) is 0.855. The minimum atomic E-state index is 0.186. The van der Waals surface area contributed by atoms with Crippen molar-refractivity contribution >= 4 is 5.91 Å². The molecule has 2 aliphatic carbocycles. The summed E-state index contributed by atoms with van der Waals surface area (Å²) in [6, 6.07) is 0.471. The van der Waals surface area contributed by atoms with Crippen LogP contribution < -0.4 is 5.32 Å². The van der Waals surface area contributed by atoms with E-state index in [9.17, 15) is 4.79 Å². The van der Waals surface area contributed by atoms with E-state index < -0.39 is 0 Å². The molecule has 0 spiro atoms. The van der Waals surface area contributed by atoms with E-state index in [1.165, 1.54) is 24.2 Å². The Kier molecular flexibility index (Phi) is 2.87. The molecule has 2 aliphatic rings. The fourth-order valence-corrected chi connectivity index (χ4v) is 2.47. The number of rotatable bonds is 4. The van der Waals surface area contributed by atoms with Gasteiger partial charge >= 0.3 is 0 Å². The summed E-state index contributed by atoms with van der Waals surface area (Å²) in [5, 5.41) is 3.02. The molecule has 1 amide bonds. The number of carbonyl (C=O) groups excluding carboxylic acids is 1. The molecule has 0 unspecified atom stereocenters. The minimum absolute atomic E-state index is 0.186. The maximum atomic E-state index is 11.6. The highest BCUT2D eigenvalue weighted by Crippen LogP contribution is 2.21. The van der Waals surface area contributed by atoms with E-state index in [4.69, 9.17) is 0 Å². The largest absolute Gasteiger partial charge is 0.353 e. The van der Waals surface area contributed by atoms with Gasteiger partial charge in [0.1, 0.15) is 0 Å². The predicted octanol–water partition coefficient (Wildman–Crippen LogP) is 1.43. The second-order valence-electron chi connectivity index (χ2n) is 5.13. The number of amides is 1. The third kappa shape index (κ3) is 2.51. The molecule has 1 heterocycles.